The lowest BCUT2D eigenvalue weighted by atomic mass is 10.3. The number of nitrogen functional groups attached to an aromatic ring is 1. The second-order valence-corrected chi connectivity index (χ2v) is 4.28. The Balaban J connectivity index is 2.66. The van der Waals surface area contributed by atoms with Crippen LogP contribution in [0.2, 0.25) is 0 Å². The fourth-order valence-corrected chi connectivity index (χ4v) is 1.70. The maximum Gasteiger partial charge on any atom is 0.325 e. The molecule has 1 aromatic rings. The molecule has 0 saturated carbocycles. The molecule has 0 fully saturated rings. The van der Waals surface area contributed by atoms with Crippen molar-refractivity contribution in [3.8, 4) is 0 Å². The number of hydrogen-bond acceptors (Lipinski definition) is 4. The van der Waals surface area contributed by atoms with Crippen molar-refractivity contribution in [1.82, 2.24) is 4.90 Å². The van der Waals surface area contributed by atoms with Crippen LogP contribution in [-0.2, 0) is 9.53 Å². The summed E-state index contributed by atoms with van der Waals surface area (Å²) in [6, 6.07) is 6.54. The quantitative estimate of drug-likeness (QED) is 0.616. The molecule has 6 heteroatoms. The summed E-state index contributed by atoms with van der Waals surface area (Å²) < 4.78 is 4.86. The summed E-state index contributed by atoms with van der Waals surface area (Å²) in [5.74, 6) is -0.413. The molecule has 0 heterocycles. The Bertz CT molecular complexity index is 463. The Morgan fingerprint density at radius 1 is 1.35 bits per heavy atom. The molecule has 0 aliphatic heterocycles. The number of benzene rings is 1. The summed E-state index contributed by atoms with van der Waals surface area (Å²) in [7, 11) is 0. The molecule has 1 rings (SSSR count). The third-order valence-electron chi connectivity index (χ3n) is 2.54. The minimum Gasteiger partial charge on any atom is -0.465 e. The molecule has 2 amide bonds. The first-order valence-electron chi connectivity index (χ1n) is 6.63. The zero-order valence-electron chi connectivity index (χ0n) is 11.9. The maximum atomic E-state index is 12.1. The lowest BCUT2D eigenvalue weighted by molar-refractivity contribution is -0.143. The first kappa shape index (κ1) is 15.8. The minimum absolute atomic E-state index is 0.0597. The van der Waals surface area contributed by atoms with E-state index >= 15 is 0 Å². The predicted molar refractivity (Wildman–Crippen MR) is 78.4 cm³/mol. The van der Waals surface area contributed by atoms with Crippen molar-refractivity contribution in [1.29, 1.82) is 0 Å². The van der Waals surface area contributed by atoms with Gasteiger partial charge in [-0.05, 0) is 31.5 Å². The molecule has 20 heavy (non-hydrogen) atoms. The van der Waals surface area contributed by atoms with Crippen LogP contribution in [0.4, 0.5) is 16.2 Å². The number of anilines is 2. The van der Waals surface area contributed by atoms with E-state index in [9.17, 15) is 9.59 Å². The van der Waals surface area contributed by atoms with Crippen LogP contribution in [-0.4, -0.2) is 36.6 Å². The number of carbonyl (C=O) groups is 2. The summed E-state index contributed by atoms with van der Waals surface area (Å²) in [5.41, 5.74) is 6.81. The summed E-state index contributed by atoms with van der Waals surface area (Å²) >= 11 is 0. The number of amides is 2. The normalized spacial score (nSPS) is 9.90. The highest BCUT2D eigenvalue weighted by Gasteiger charge is 2.17. The minimum atomic E-state index is -0.413. The van der Waals surface area contributed by atoms with E-state index < -0.39 is 5.97 Å². The molecule has 0 spiro atoms. The Hall–Kier alpha value is -2.24. The molecule has 0 aromatic heterocycles. The zero-order chi connectivity index (χ0) is 15.0. The van der Waals surface area contributed by atoms with Gasteiger partial charge in [0.05, 0.1) is 6.61 Å². The second-order valence-electron chi connectivity index (χ2n) is 4.28. The summed E-state index contributed by atoms with van der Waals surface area (Å²) in [6.07, 6.45) is 0.754. The van der Waals surface area contributed by atoms with Gasteiger partial charge < -0.3 is 20.7 Å². The molecule has 3 N–H and O–H groups in total. The SMILES string of the molecule is CCCN(CC(=O)OCC)C(=O)Nc1cccc(N)c1. The number of nitrogens with one attached hydrogen (secondary N) is 1. The molecule has 0 aliphatic carbocycles. The van der Waals surface area contributed by atoms with Crippen LogP contribution in [0.3, 0.4) is 0 Å². The van der Waals surface area contributed by atoms with E-state index in [4.69, 9.17) is 10.5 Å². The maximum absolute atomic E-state index is 12.1. The highest BCUT2D eigenvalue weighted by atomic mass is 16.5. The van der Waals surface area contributed by atoms with Gasteiger partial charge in [0, 0.05) is 17.9 Å². The number of nitrogens with two attached hydrogens (primary N) is 1. The average molecular weight is 279 g/mol. The second kappa shape index (κ2) is 8.04. The van der Waals surface area contributed by atoms with Crippen LogP contribution < -0.4 is 11.1 Å². The van der Waals surface area contributed by atoms with Crippen molar-refractivity contribution >= 4 is 23.4 Å². The van der Waals surface area contributed by atoms with Gasteiger partial charge in [-0.1, -0.05) is 13.0 Å². The number of carbonyl (C=O) groups excluding carboxylic acids is 2. The van der Waals surface area contributed by atoms with Crippen LogP contribution in [0.1, 0.15) is 20.3 Å². The molecule has 6 nitrogen and oxygen atoms in total. The van der Waals surface area contributed by atoms with Crippen LogP contribution in [0.5, 0.6) is 0 Å². The van der Waals surface area contributed by atoms with Gasteiger partial charge >= 0.3 is 12.0 Å². The van der Waals surface area contributed by atoms with Gasteiger partial charge in [-0.15, -0.1) is 0 Å². The van der Waals surface area contributed by atoms with E-state index in [1.807, 2.05) is 6.92 Å². The van der Waals surface area contributed by atoms with E-state index in [2.05, 4.69) is 5.32 Å². The number of nitrogens with zero attached hydrogens (tertiary/aromatic N) is 1. The van der Waals surface area contributed by atoms with E-state index in [1.165, 1.54) is 4.90 Å². The molecular formula is C14H21N3O3. The van der Waals surface area contributed by atoms with Crippen molar-refractivity contribution in [2.75, 3.05) is 30.7 Å². The molecule has 0 unspecified atom stereocenters. The van der Waals surface area contributed by atoms with Gasteiger partial charge in [-0.25, -0.2) is 4.79 Å². The largest absolute Gasteiger partial charge is 0.465 e. The highest BCUT2D eigenvalue weighted by Crippen LogP contribution is 2.12. The predicted octanol–water partition coefficient (Wildman–Crippen LogP) is 2.08. The number of hydrogen-bond donors (Lipinski definition) is 2. The molecule has 0 atom stereocenters. The molecule has 0 radical (unpaired) electrons. The van der Waals surface area contributed by atoms with E-state index in [0.717, 1.165) is 6.42 Å². The van der Waals surface area contributed by atoms with Gasteiger partial charge in [0.2, 0.25) is 0 Å². The molecule has 0 aliphatic rings. The number of urea groups is 1. The standard InChI is InChI=1S/C14H21N3O3/c1-3-8-17(10-13(18)20-4-2)14(19)16-12-7-5-6-11(15)9-12/h5-7,9H,3-4,8,10,15H2,1-2H3,(H,16,19). The number of esters is 1. The smallest absolute Gasteiger partial charge is 0.325 e. The molecule has 0 bridgehead atoms. The fourth-order valence-electron chi connectivity index (χ4n) is 1.70. The van der Waals surface area contributed by atoms with Crippen LogP contribution in [0.15, 0.2) is 24.3 Å². The van der Waals surface area contributed by atoms with Crippen LogP contribution >= 0.6 is 0 Å². The first-order valence-corrected chi connectivity index (χ1v) is 6.63. The van der Waals surface area contributed by atoms with Crippen LogP contribution in [0.25, 0.3) is 0 Å². The summed E-state index contributed by atoms with van der Waals surface area (Å²) in [5, 5.41) is 2.71. The molecule has 0 saturated heterocycles. The van der Waals surface area contributed by atoms with E-state index in [1.54, 1.807) is 31.2 Å². The van der Waals surface area contributed by atoms with Crippen molar-refractivity contribution in [3.63, 3.8) is 0 Å². The lowest BCUT2D eigenvalue weighted by Crippen LogP contribution is -2.39. The summed E-state index contributed by atoms with van der Waals surface area (Å²) in [6.45, 7) is 4.39. The van der Waals surface area contributed by atoms with E-state index in [0.29, 0.717) is 24.5 Å². The van der Waals surface area contributed by atoms with Gasteiger partial charge in [-0.3, -0.25) is 4.79 Å². The van der Waals surface area contributed by atoms with Gasteiger partial charge in [0.15, 0.2) is 0 Å². The Labute approximate surface area is 118 Å². The Morgan fingerprint density at radius 3 is 2.70 bits per heavy atom. The number of ether oxygens (including phenoxy) is 1. The van der Waals surface area contributed by atoms with Gasteiger partial charge in [-0.2, -0.15) is 0 Å². The summed E-state index contributed by atoms with van der Waals surface area (Å²) in [4.78, 5) is 25.0. The Kier molecular flexibility index (Phi) is 6.36. The Morgan fingerprint density at radius 2 is 2.10 bits per heavy atom. The third kappa shape index (κ3) is 5.17. The lowest BCUT2D eigenvalue weighted by Gasteiger charge is -2.21. The number of rotatable bonds is 6. The van der Waals surface area contributed by atoms with Crippen molar-refractivity contribution in [2.24, 2.45) is 0 Å². The monoisotopic (exact) mass is 279 g/mol. The van der Waals surface area contributed by atoms with Crippen molar-refractivity contribution in [3.05, 3.63) is 24.3 Å². The van der Waals surface area contributed by atoms with Gasteiger partial charge in [0.1, 0.15) is 6.54 Å². The van der Waals surface area contributed by atoms with E-state index in [-0.39, 0.29) is 12.6 Å². The first-order chi connectivity index (χ1) is 9.56. The molecular weight excluding hydrogens is 258 g/mol. The highest BCUT2D eigenvalue weighted by molar-refractivity contribution is 5.91. The van der Waals surface area contributed by atoms with Crippen LogP contribution in [0, 0.1) is 0 Å². The topological polar surface area (TPSA) is 84.7 Å². The average Bonchev–Trinajstić information content (AvgIpc) is 2.38. The van der Waals surface area contributed by atoms with Crippen molar-refractivity contribution < 1.29 is 14.3 Å². The molecule has 110 valence electrons. The zero-order valence-corrected chi connectivity index (χ0v) is 11.9. The third-order valence-corrected chi connectivity index (χ3v) is 2.54. The fraction of sp³-hybridized carbons (Fsp3) is 0.429. The van der Waals surface area contributed by atoms with Gasteiger partial charge in [0.25, 0.3) is 0 Å². The molecule has 1 aromatic carbocycles. The van der Waals surface area contributed by atoms with Crippen molar-refractivity contribution in [2.45, 2.75) is 20.3 Å².